The molecule has 0 unspecified atom stereocenters. The number of nitrogens with zero attached hydrogens (tertiary/aromatic N) is 1. The fraction of sp³-hybridized carbons (Fsp3) is 0.500. The molecular formula is C16H19FN2O. The molecule has 2 aliphatic heterocycles. The molecule has 1 saturated heterocycles. The van der Waals surface area contributed by atoms with E-state index in [1.54, 1.807) is 6.07 Å². The summed E-state index contributed by atoms with van der Waals surface area (Å²) in [5.41, 5.74) is 3.63. The number of aliphatic hydroxyl groups excluding tert-OH is 1. The summed E-state index contributed by atoms with van der Waals surface area (Å²) >= 11 is 0. The quantitative estimate of drug-likeness (QED) is 0.903. The molecule has 106 valence electrons. The van der Waals surface area contributed by atoms with Gasteiger partial charge in [0.1, 0.15) is 5.82 Å². The van der Waals surface area contributed by atoms with Crippen molar-refractivity contribution in [2.45, 2.75) is 37.8 Å². The highest BCUT2D eigenvalue weighted by Crippen LogP contribution is 2.46. The van der Waals surface area contributed by atoms with Crippen LogP contribution in [0, 0.1) is 5.82 Å². The van der Waals surface area contributed by atoms with Crippen LogP contribution in [-0.4, -0.2) is 34.2 Å². The number of aliphatic hydroxyl groups is 1. The highest BCUT2D eigenvalue weighted by Gasteiger charge is 2.41. The van der Waals surface area contributed by atoms with Crippen molar-refractivity contribution < 1.29 is 9.50 Å². The zero-order chi connectivity index (χ0) is 13.7. The molecule has 0 amide bonds. The maximum Gasteiger partial charge on any atom is 0.123 e. The number of fused-ring (bicyclic) bond motifs is 6. The summed E-state index contributed by atoms with van der Waals surface area (Å²) < 4.78 is 13.6. The third kappa shape index (κ3) is 1.71. The van der Waals surface area contributed by atoms with Crippen LogP contribution in [0.4, 0.5) is 4.39 Å². The van der Waals surface area contributed by atoms with Crippen molar-refractivity contribution in [3.63, 3.8) is 0 Å². The van der Waals surface area contributed by atoms with E-state index in [4.69, 9.17) is 5.11 Å². The maximum atomic E-state index is 13.6. The molecule has 0 aliphatic carbocycles. The Hall–Kier alpha value is -1.39. The molecular weight excluding hydrogens is 255 g/mol. The molecule has 2 bridgehead atoms. The Bertz CT molecular complexity index is 651. The average molecular weight is 274 g/mol. The summed E-state index contributed by atoms with van der Waals surface area (Å²) in [6.45, 7) is 1.18. The second-order valence-corrected chi connectivity index (χ2v) is 5.97. The maximum absolute atomic E-state index is 13.6. The average Bonchev–Trinajstić information content (AvgIpc) is 2.93. The van der Waals surface area contributed by atoms with E-state index in [9.17, 15) is 4.39 Å². The number of rotatable bonds is 3. The van der Waals surface area contributed by atoms with E-state index in [0.717, 1.165) is 36.7 Å². The third-order valence-electron chi connectivity index (χ3n) is 4.87. The van der Waals surface area contributed by atoms with Gasteiger partial charge in [0.05, 0.1) is 0 Å². The van der Waals surface area contributed by atoms with Crippen molar-refractivity contribution in [3.05, 3.63) is 35.3 Å². The van der Waals surface area contributed by atoms with Gasteiger partial charge in [0.15, 0.2) is 0 Å². The van der Waals surface area contributed by atoms with Crippen molar-refractivity contribution in [1.29, 1.82) is 0 Å². The van der Waals surface area contributed by atoms with E-state index >= 15 is 0 Å². The van der Waals surface area contributed by atoms with E-state index < -0.39 is 0 Å². The molecule has 0 radical (unpaired) electrons. The molecule has 2 aromatic rings. The van der Waals surface area contributed by atoms with Gasteiger partial charge in [0.25, 0.3) is 0 Å². The summed E-state index contributed by atoms with van der Waals surface area (Å²) in [4.78, 5) is 5.99. The van der Waals surface area contributed by atoms with E-state index in [1.807, 2.05) is 6.07 Å². The van der Waals surface area contributed by atoms with Gasteiger partial charge in [0, 0.05) is 48.3 Å². The Kier molecular flexibility index (Phi) is 2.82. The number of aromatic nitrogens is 1. The first-order chi connectivity index (χ1) is 9.78. The van der Waals surface area contributed by atoms with Crippen molar-refractivity contribution in [2.75, 3.05) is 13.2 Å². The van der Waals surface area contributed by atoms with Crippen LogP contribution >= 0.6 is 0 Å². The normalized spacial score (nSPS) is 25.3. The van der Waals surface area contributed by atoms with Crippen LogP contribution in [0.25, 0.3) is 10.9 Å². The molecule has 2 atom stereocenters. The number of hydrogen-bond donors (Lipinski definition) is 2. The van der Waals surface area contributed by atoms with Crippen LogP contribution in [0.15, 0.2) is 18.2 Å². The van der Waals surface area contributed by atoms with E-state index in [2.05, 4.69) is 9.88 Å². The number of aromatic amines is 1. The first kappa shape index (κ1) is 12.4. The van der Waals surface area contributed by atoms with Gasteiger partial charge in [-0.25, -0.2) is 4.39 Å². The van der Waals surface area contributed by atoms with E-state index in [-0.39, 0.29) is 12.4 Å². The zero-order valence-electron chi connectivity index (χ0n) is 11.4. The molecule has 0 spiro atoms. The van der Waals surface area contributed by atoms with Gasteiger partial charge in [-0.05, 0) is 43.0 Å². The Morgan fingerprint density at radius 2 is 2.25 bits per heavy atom. The molecule has 2 aliphatic rings. The molecule has 4 rings (SSSR count). The van der Waals surface area contributed by atoms with Gasteiger partial charge in [-0.3, -0.25) is 4.90 Å². The number of nitrogens with one attached hydrogen (secondary N) is 1. The molecule has 1 fully saturated rings. The molecule has 3 heterocycles. The van der Waals surface area contributed by atoms with Crippen LogP contribution in [-0.2, 0) is 6.42 Å². The minimum Gasteiger partial charge on any atom is -0.396 e. The van der Waals surface area contributed by atoms with E-state index in [1.165, 1.54) is 23.7 Å². The fourth-order valence-corrected chi connectivity index (χ4v) is 4.08. The Labute approximate surface area is 117 Å². The second-order valence-electron chi connectivity index (χ2n) is 5.97. The number of hydrogen-bond acceptors (Lipinski definition) is 2. The molecule has 1 aromatic heterocycles. The standard InChI is InChI=1S/C16H19FN2O/c17-10-2-4-13-12(8-10)16-14(18-13)9-11-3-5-15(16)19(11)6-1-7-20/h2,4,8,11,15,18,20H,1,3,5-7,9H2/t11-,15+/m0/s1. The molecule has 0 saturated carbocycles. The molecule has 2 N–H and O–H groups in total. The summed E-state index contributed by atoms with van der Waals surface area (Å²) in [6, 6.07) is 6.00. The first-order valence-electron chi connectivity index (χ1n) is 7.44. The van der Waals surface area contributed by atoms with Gasteiger partial charge in [0.2, 0.25) is 0 Å². The predicted molar refractivity (Wildman–Crippen MR) is 76.1 cm³/mol. The summed E-state index contributed by atoms with van der Waals surface area (Å²) in [5, 5.41) is 10.1. The molecule has 20 heavy (non-hydrogen) atoms. The van der Waals surface area contributed by atoms with Gasteiger partial charge in [-0.15, -0.1) is 0 Å². The second kappa shape index (κ2) is 4.57. The van der Waals surface area contributed by atoms with Gasteiger partial charge in [-0.2, -0.15) is 0 Å². The fourth-order valence-electron chi connectivity index (χ4n) is 4.08. The number of H-pyrrole nitrogens is 1. The topological polar surface area (TPSA) is 39.3 Å². The lowest BCUT2D eigenvalue weighted by Crippen LogP contribution is -2.38. The Morgan fingerprint density at radius 1 is 1.35 bits per heavy atom. The van der Waals surface area contributed by atoms with Crippen LogP contribution in [0.5, 0.6) is 0 Å². The summed E-state index contributed by atoms with van der Waals surface area (Å²) in [6.07, 6.45) is 4.19. The van der Waals surface area contributed by atoms with Crippen molar-refractivity contribution in [2.24, 2.45) is 0 Å². The van der Waals surface area contributed by atoms with Crippen molar-refractivity contribution in [3.8, 4) is 0 Å². The van der Waals surface area contributed by atoms with Gasteiger partial charge >= 0.3 is 0 Å². The number of halogens is 1. The van der Waals surface area contributed by atoms with Crippen molar-refractivity contribution >= 4 is 10.9 Å². The summed E-state index contributed by atoms with van der Waals surface area (Å²) in [5.74, 6) is -0.165. The van der Waals surface area contributed by atoms with E-state index in [0.29, 0.717) is 12.1 Å². The lowest BCUT2D eigenvalue weighted by atomic mass is 9.96. The zero-order valence-corrected chi connectivity index (χ0v) is 11.4. The molecule has 3 nitrogen and oxygen atoms in total. The monoisotopic (exact) mass is 274 g/mol. The Balaban J connectivity index is 1.80. The Morgan fingerprint density at radius 3 is 3.10 bits per heavy atom. The van der Waals surface area contributed by atoms with Gasteiger partial charge in [-0.1, -0.05) is 0 Å². The largest absolute Gasteiger partial charge is 0.396 e. The van der Waals surface area contributed by atoms with Crippen LogP contribution in [0.1, 0.15) is 36.6 Å². The highest BCUT2D eigenvalue weighted by molar-refractivity contribution is 5.85. The minimum atomic E-state index is -0.165. The highest BCUT2D eigenvalue weighted by atomic mass is 19.1. The lowest BCUT2D eigenvalue weighted by Gasteiger charge is -2.34. The third-order valence-corrected chi connectivity index (χ3v) is 4.87. The number of benzene rings is 1. The minimum absolute atomic E-state index is 0.165. The predicted octanol–water partition coefficient (Wildman–Crippen LogP) is 2.75. The van der Waals surface area contributed by atoms with Crippen LogP contribution in [0.3, 0.4) is 0 Å². The molecule has 4 heteroatoms. The van der Waals surface area contributed by atoms with Crippen molar-refractivity contribution in [1.82, 2.24) is 9.88 Å². The lowest BCUT2D eigenvalue weighted by molar-refractivity contribution is 0.158. The first-order valence-corrected chi connectivity index (χ1v) is 7.44. The van der Waals surface area contributed by atoms with Crippen LogP contribution < -0.4 is 0 Å². The van der Waals surface area contributed by atoms with Crippen LogP contribution in [0.2, 0.25) is 0 Å². The molecule has 1 aromatic carbocycles. The smallest absolute Gasteiger partial charge is 0.123 e. The summed E-state index contributed by atoms with van der Waals surface area (Å²) in [7, 11) is 0. The van der Waals surface area contributed by atoms with Gasteiger partial charge < -0.3 is 10.1 Å². The SMILES string of the molecule is OCCCN1[C@H]2CC[C@@H]1c1c([nH]c3ccc(F)cc13)C2.